The van der Waals surface area contributed by atoms with Gasteiger partial charge in [0.15, 0.2) is 4.34 Å². The van der Waals surface area contributed by atoms with Gasteiger partial charge in [-0.3, -0.25) is 0 Å². The molecule has 2 heterocycles. The second kappa shape index (κ2) is 6.06. The Morgan fingerprint density at radius 2 is 2.10 bits per heavy atom. The minimum atomic E-state index is 0.648. The molecule has 102 valence electrons. The molecule has 0 aliphatic carbocycles. The standard InChI is InChI=1S/C13H12N4OS2/c1-14-12-16-17-13(20-12)19-8-10-7-18-11(15-10)9-5-3-2-4-6-9/h2-7H,8H2,1H3,(H,14,16). The third-order valence-electron chi connectivity index (χ3n) is 2.54. The van der Waals surface area contributed by atoms with Crippen LogP contribution in [0, 0.1) is 0 Å². The van der Waals surface area contributed by atoms with E-state index in [4.69, 9.17) is 4.42 Å². The van der Waals surface area contributed by atoms with Gasteiger partial charge in [-0.05, 0) is 12.1 Å². The molecule has 0 spiro atoms. The second-order valence-corrected chi connectivity index (χ2v) is 6.12. The third-order valence-corrected chi connectivity index (χ3v) is 4.64. The van der Waals surface area contributed by atoms with E-state index in [9.17, 15) is 0 Å². The van der Waals surface area contributed by atoms with Crippen molar-refractivity contribution in [2.24, 2.45) is 0 Å². The molecule has 0 atom stereocenters. The molecule has 3 aromatic rings. The SMILES string of the molecule is CNc1nnc(SCc2coc(-c3ccccc3)n2)s1. The summed E-state index contributed by atoms with van der Waals surface area (Å²) in [6.07, 6.45) is 1.69. The molecule has 0 aliphatic heterocycles. The molecule has 3 rings (SSSR count). The lowest BCUT2D eigenvalue weighted by molar-refractivity contribution is 0.573. The average molecular weight is 304 g/mol. The Kier molecular flexibility index (Phi) is 3.98. The van der Waals surface area contributed by atoms with E-state index < -0.39 is 0 Å². The first-order chi connectivity index (χ1) is 9.85. The number of oxazole rings is 1. The number of nitrogens with one attached hydrogen (secondary N) is 1. The van der Waals surface area contributed by atoms with Gasteiger partial charge in [0, 0.05) is 18.4 Å². The maximum Gasteiger partial charge on any atom is 0.226 e. The molecule has 0 bridgehead atoms. The summed E-state index contributed by atoms with van der Waals surface area (Å²) in [5.41, 5.74) is 1.88. The third kappa shape index (κ3) is 3.00. The van der Waals surface area contributed by atoms with E-state index in [-0.39, 0.29) is 0 Å². The van der Waals surface area contributed by atoms with E-state index in [0.717, 1.165) is 20.7 Å². The van der Waals surface area contributed by atoms with Gasteiger partial charge < -0.3 is 9.73 Å². The van der Waals surface area contributed by atoms with Gasteiger partial charge in [0.25, 0.3) is 0 Å². The first-order valence-electron chi connectivity index (χ1n) is 5.99. The van der Waals surface area contributed by atoms with E-state index in [1.54, 1.807) is 18.0 Å². The van der Waals surface area contributed by atoms with Crippen LogP contribution in [0.2, 0.25) is 0 Å². The summed E-state index contributed by atoms with van der Waals surface area (Å²) in [6.45, 7) is 0. The zero-order valence-electron chi connectivity index (χ0n) is 10.7. The molecule has 1 N–H and O–H groups in total. The normalized spacial score (nSPS) is 10.7. The largest absolute Gasteiger partial charge is 0.444 e. The summed E-state index contributed by atoms with van der Waals surface area (Å²) in [6, 6.07) is 9.86. The van der Waals surface area contributed by atoms with Gasteiger partial charge in [0.1, 0.15) is 6.26 Å². The van der Waals surface area contributed by atoms with Crippen LogP contribution in [0.1, 0.15) is 5.69 Å². The summed E-state index contributed by atoms with van der Waals surface area (Å²) in [4.78, 5) is 4.48. The molecule has 0 unspecified atom stereocenters. The quantitative estimate of drug-likeness (QED) is 0.728. The van der Waals surface area contributed by atoms with Crippen molar-refractivity contribution in [2.45, 2.75) is 10.1 Å². The molecule has 5 nitrogen and oxygen atoms in total. The van der Waals surface area contributed by atoms with E-state index in [2.05, 4.69) is 20.5 Å². The Morgan fingerprint density at radius 1 is 1.25 bits per heavy atom. The molecule has 0 saturated heterocycles. The van der Waals surface area contributed by atoms with Gasteiger partial charge in [-0.15, -0.1) is 10.2 Å². The minimum Gasteiger partial charge on any atom is -0.444 e. The Labute approximate surface area is 124 Å². The lowest BCUT2D eigenvalue weighted by atomic mass is 10.2. The summed E-state index contributed by atoms with van der Waals surface area (Å²) >= 11 is 3.13. The Morgan fingerprint density at radius 3 is 2.85 bits per heavy atom. The van der Waals surface area contributed by atoms with Crippen molar-refractivity contribution in [1.29, 1.82) is 0 Å². The number of anilines is 1. The zero-order valence-corrected chi connectivity index (χ0v) is 12.4. The number of hydrogen-bond acceptors (Lipinski definition) is 7. The molecule has 20 heavy (non-hydrogen) atoms. The van der Waals surface area contributed by atoms with Crippen LogP contribution in [0.25, 0.3) is 11.5 Å². The van der Waals surface area contributed by atoms with Gasteiger partial charge in [0.2, 0.25) is 11.0 Å². The average Bonchev–Trinajstić information content (AvgIpc) is 3.15. The number of aromatic nitrogens is 3. The van der Waals surface area contributed by atoms with Gasteiger partial charge in [0.05, 0.1) is 5.69 Å². The second-order valence-electron chi connectivity index (χ2n) is 3.92. The molecular formula is C13H12N4OS2. The summed E-state index contributed by atoms with van der Waals surface area (Å²) in [5.74, 6) is 1.36. The highest BCUT2D eigenvalue weighted by Gasteiger charge is 2.08. The molecule has 0 fully saturated rings. The van der Waals surface area contributed by atoms with Crippen molar-refractivity contribution in [3.8, 4) is 11.5 Å². The number of nitrogens with zero attached hydrogens (tertiary/aromatic N) is 3. The number of hydrogen-bond donors (Lipinski definition) is 1. The van der Waals surface area contributed by atoms with E-state index in [0.29, 0.717) is 11.6 Å². The highest BCUT2D eigenvalue weighted by Crippen LogP contribution is 2.28. The maximum absolute atomic E-state index is 5.50. The van der Waals surface area contributed by atoms with Crippen LogP contribution >= 0.6 is 23.1 Å². The molecule has 0 amide bonds. The summed E-state index contributed by atoms with van der Waals surface area (Å²) < 4.78 is 6.41. The molecule has 0 saturated carbocycles. The monoisotopic (exact) mass is 304 g/mol. The van der Waals surface area contributed by atoms with E-state index in [1.165, 1.54) is 11.3 Å². The lowest BCUT2D eigenvalue weighted by Crippen LogP contribution is -1.84. The highest BCUT2D eigenvalue weighted by molar-refractivity contribution is 8.00. The molecule has 0 aliphatic rings. The number of rotatable bonds is 5. The first-order valence-corrected chi connectivity index (χ1v) is 7.79. The predicted molar refractivity (Wildman–Crippen MR) is 81.0 cm³/mol. The summed E-state index contributed by atoms with van der Waals surface area (Å²) in [7, 11) is 1.83. The van der Waals surface area contributed by atoms with Crippen molar-refractivity contribution in [3.05, 3.63) is 42.3 Å². The van der Waals surface area contributed by atoms with Crippen LogP contribution in [0.5, 0.6) is 0 Å². The molecule has 7 heteroatoms. The van der Waals surface area contributed by atoms with Crippen molar-refractivity contribution in [3.63, 3.8) is 0 Å². The topological polar surface area (TPSA) is 63.8 Å². The fraction of sp³-hybridized carbons (Fsp3) is 0.154. The van der Waals surface area contributed by atoms with Crippen molar-refractivity contribution < 1.29 is 4.42 Å². The van der Waals surface area contributed by atoms with E-state index in [1.807, 2.05) is 37.4 Å². The Hall–Kier alpha value is -1.86. The van der Waals surface area contributed by atoms with Gasteiger partial charge >= 0.3 is 0 Å². The van der Waals surface area contributed by atoms with Gasteiger partial charge in [-0.2, -0.15) is 0 Å². The highest BCUT2D eigenvalue weighted by atomic mass is 32.2. The van der Waals surface area contributed by atoms with Crippen LogP contribution in [0.15, 0.2) is 45.4 Å². The van der Waals surface area contributed by atoms with E-state index >= 15 is 0 Å². The first kappa shape index (κ1) is 13.1. The molecular weight excluding hydrogens is 292 g/mol. The molecule has 0 radical (unpaired) electrons. The van der Waals surface area contributed by atoms with Crippen LogP contribution in [-0.4, -0.2) is 22.2 Å². The lowest BCUT2D eigenvalue weighted by Gasteiger charge is -1.93. The summed E-state index contributed by atoms with van der Waals surface area (Å²) in [5, 5.41) is 11.9. The van der Waals surface area contributed by atoms with Crippen LogP contribution in [0.3, 0.4) is 0 Å². The fourth-order valence-corrected chi connectivity index (χ4v) is 3.17. The van der Waals surface area contributed by atoms with Gasteiger partial charge in [-0.1, -0.05) is 41.3 Å². The van der Waals surface area contributed by atoms with Crippen LogP contribution in [0.4, 0.5) is 5.13 Å². The molecule has 1 aromatic carbocycles. The fourth-order valence-electron chi connectivity index (χ4n) is 1.59. The number of benzene rings is 1. The van der Waals surface area contributed by atoms with Crippen molar-refractivity contribution in [1.82, 2.24) is 15.2 Å². The predicted octanol–water partition coefficient (Wildman–Crippen LogP) is 3.53. The van der Waals surface area contributed by atoms with Crippen LogP contribution < -0.4 is 5.32 Å². The minimum absolute atomic E-state index is 0.648. The smallest absolute Gasteiger partial charge is 0.226 e. The van der Waals surface area contributed by atoms with Crippen LogP contribution in [-0.2, 0) is 5.75 Å². The maximum atomic E-state index is 5.50. The molecule has 2 aromatic heterocycles. The number of thioether (sulfide) groups is 1. The zero-order chi connectivity index (χ0) is 13.8. The van der Waals surface area contributed by atoms with Crippen molar-refractivity contribution in [2.75, 3.05) is 12.4 Å². The Bertz CT molecular complexity index is 681. The van der Waals surface area contributed by atoms with Gasteiger partial charge in [-0.25, -0.2) is 4.98 Å². The van der Waals surface area contributed by atoms with Crippen molar-refractivity contribution >= 4 is 28.2 Å². The Balaban J connectivity index is 1.65.